The SMILES string of the molecule is Cc1cc(C)c(S(=O)(=O)N2CCC(C(=O)Nc3cccc(-c4csc(C)n4)c3)CC2)c(C)c1. The molecule has 2 aromatic carbocycles. The highest BCUT2D eigenvalue weighted by Crippen LogP contribution is 2.30. The first-order valence-electron chi connectivity index (χ1n) is 11.1. The molecule has 1 aliphatic rings. The summed E-state index contributed by atoms with van der Waals surface area (Å²) in [6.07, 6.45) is 1.000. The van der Waals surface area contributed by atoms with Crippen LogP contribution in [0.4, 0.5) is 5.69 Å². The van der Waals surface area contributed by atoms with E-state index in [0.717, 1.165) is 38.6 Å². The van der Waals surface area contributed by atoms with E-state index in [-0.39, 0.29) is 11.8 Å². The van der Waals surface area contributed by atoms with Crippen molar-refractivity contribution >= 4 is 33.0 Å². The van der Waals surface area contributed by atoms with Gasteiger partial charge >= 0.3 is 0 Å². The van der Waals surface area contributed by atoms with E-state index >= 15 is 0 Å². The van der Waals surface area contributed by atoms with Crippen LogP contribution < -0.4 is 5.32 Å². The molecule has 4 rings (SSSR count). The van der Waals surface area contributed by atoms with E-state index in [9.17, 15) is 13.2 Å². The van der Waals surface area contributed by atoms with Gasteiger partial charge < -0.3 is 5.32 Å². The van der Waals surface area contributed by atoms with Gasteiger partial charge in [-0.1, -0.05) is 29.8 Å². The predicted octanol–water partition coefficient (Wildman–Crippen LogP) is 5.08. The molecule has 1 saturated heterocycles. The van der Waals surface area contributed by atoms with E-state index in [2.05, 4.69) is 10.3 Å². The molecule has 0 spiro atoms. The molecule has 1 N–H and O–H groups in total. The van der Waals surface area contributed by atoms with Gasteiger partial charge in [-0.3, -0.25) is 4.79 Å². The van der Waals surface area contributed by atoms with Gasteiger partial charge in [0.2, 0.25) is 15.9 Å². The van der Waals surface area contributed by atoms with Crippen LogP contribution in [0.2, 0.25) is 0 Å². The van der Waals surface area contributed by atoms with E-state index in [1.165, 1.54) is 4.31 Å². The Morgan fingerprint density at radius 3 is 2.33 bits per heavy atom. The van der Waals surface area contributed by atoms with Crippen LogP contribution in [-0.4, -0.2) is 36.7 Å². The van der Waals surface area contributed by atoms with Crippen LogP contribution in [0.1, 0.15) is 34.5 Å². The molecule has 1 amide bonds. The van der Waals surface area contributed by atoms with Crippen molar-refractivity contribution in [1.29, 1.82) is 0 Å². The Morgan fingerprint density at radius 1 is 1.06 bits per heavy atom. The van der Waals surface area contributed by atoms with Crippen LogP contribution in [0.25, 0.3) is 11.3 Å². The van der Waals surface area contributed by atoms with Gasteiger partial charge in [-0.2, -0.15) is 4.31 Å². The third kappa shape index (κ3) is 5.03. The Morgan fingerprint density at radius 2 is 1.73 bits per heavy atom. The number of benzene rings is 2. The van der Waals surface area contributed by atoms with Crippen molar-refractivity contribution in [1.82, 2.24) is 9.29 Å². The zero-order valence-electron chi connectivity index (χ0n) is 19.4. The summed E-state index contributed by atoms with van der Waals surface area (Å²) in [6.45, 7) is 8.29. The lowest BCUT2D eigenvalue weighted by Gasteiger charge is -2.31. The first-order valence-corrected chi connectivity index (χ1v) is 13.4. The number of aryl methyl sites for hydroxylation is 4. The Balaban J connectivity index is 1.42. The molecule has 1 fully saturated rings. The van der Waals surface area contributed by atoms with Gasteiger partial charge in [0.1, 0.15) is 0 Å². The normalized spacial score (nSPS) is 15.5. The van der Waals surface area contributed by atoms with Crippen molar-refractivity contribution in [3.8, 4) is 11.3 Å². The molecule has 3 aromatic rings. The van der Waals surface area contributed by atoms with Crippen LogP contribution in [0.15, 0.2) is 46.7 Å². The molecule has 0 aliphatic carbocycles. The Kier molecular flexibility index (Phi) is 6.70. The second kappa shape index (κ2) is 9.37. The summed E-state index contributed by atoms with van der Waals surface area (Å²) in [7, 11) is -3.59. The van der Waals surface area contributed by atoms with E-state index in [1.54, 1.807) is 11.3 Å². The van der Waals surface area contributed by atoms with E-state index in [0.29, 0.717) is 30.8 Å². The molecule has 0 radical (unpaired) electrons. The minimum Gasteiger partial charge on any atom is -0.326 e. The lowest BCUT2D eigenvalue weighted by Crippen LogP contribution is -2.41. The molecule has 0 bridgehead atoms. The van der Waals surface area contributed by atoms with Gasteiger partial charge in [0.15, 0.2) is 0 Å². The molecule has 0 unspecified atom stereocenters. The molecule has 174 valence electrons. The minimum atomic E-state index is -3.59. The number of carbonyl (C=O) groups excluding carboxylic acids is 1. The zero-order valence-corrected chi connectivity index (χ0v) is 21.0. The average Bonchev–Trinajstić information content (AvgIpc) is 3.19. The monoisotopic (exact) mass is 483 g/mol. The van der Waals surface area contributed by atoms with Crippen molar-refractivity contribution in [2.45, 2.75) is 45.4 Å². The number of thiazole rings is 1. The summed E-state index contributed by atoms with van der Waals surface area (Å²) < 4.78 is 28.1. The molecule has 1 aliphatic heterocycles. The molecular formula is C25H29N3O3S2. The Bertz CT molecular complexity index is 1270. The molecule has 0 atom stereocenters. The number of rotatable bonds is 5. The molecule has 33 heavy (non-hydrogen) atoms. The first kappa shape index (κ1) is 23.6. The maximum atomic E-state index is 13.3. The fraction of sp³-hybridized carbons (Fsp3) is 0.360. The summed E-state index contributed by atoms with van der Waals surface area (Å²) in [5.74, 6) is -0.289. The number of anilines is 1. The van der Waals surface area contributed by atoms with Gasteiger partial charge in [-0.25, -0.2) is 13.4 Å². The number of amides is 1. The van der Waals surface area contributed by atoms with Gasteiger partial charge in [0, 0.05) is 35.6 Å². The smallest absolute Gasteiger partial charge is 0.243 e. The van der Waals surface area contributed by atoms with E-state index in [1.807, 2.05) is 69.5 Å². The lowest BCUT2D eigenvalue weighted by molar-refractivity contribution is -0.120. The first-order chi connectivity index (χ1) is 15.6. The maximum absolute atomic E-state index is 13.3. The van der Waals surface area contributed by atoms with Crippen LogP contribution >= 0.6 is 11.3 Å². The third-order valence-corrected chi connectivity index (χ3v) is 9.05. The van der Waals surface area contributed by atoms with Gasteiger partial charge in [-0.15, -0.1) is 11.3 Å². The lowest BCUT2D eigenvalue weighted by atomic mass is 9.97. The fourth-order valence-corrected chi connectivity index (χ4v) is 7.06. The van der Waals surface area contributed by atoms with Crippen LogP contribution in [0.3, 0.4) is 0 Å². The van der Waals surface area contributed by atoms with Crippen molar-refractivity contribution in [3.63, 3.8) is 0 Å². The number of hydrogen-bond donors (Lipinski definition) is 1. The predicted molar refractivity (Wildman–Crippen MR) is 133 cm³/mol. The second-order valence-electron chi connectivity index (χ2n) is 8.73. The van der Waals surface area contributed by atoms with Crippen molar-refractivity contribution in [2.75, 3.05) is 18.4 Å². The van der Waals surface area contributed by atoms with Crippen LogP contribution in [0, 0.1) is 33.6 Å². The van der Waals surface area contributed by atoms with Crippen LogP contribution in [-0.2, 0) is 14.8 Å². The van der Waals surface area contributed by atoms with E-state index < -0.39 is 10.0 Å². The van der Waals surface area contributed by atoms with Gasteiger partial charge in [0.05, 0.1) is 15.6 Å². The molecule has 2 heterocycles. The topological polar surface area (TPSA) is 79.4 Å². The standard InChI is InChI=1S/C25H29N3O3S2/c1-16-12-17(2)24(18(3)13-16)33(30,31)28-10-8-20(9-11-28)25(29)27-22-7-5-6-21(14-22)23-15-32-19(4)26-23/h5-7,12-15,20H,8-11H2,1-4H3,(H,27,29). The molecule has 6 nitrogen and oxygen atoms in total. The number of carbonyl (C=O) groups is 1. The van der Waals surface area contributed by atoms with Crippen LogP contribution in [0.5, 0.6) is 0 Å². The number of sulfonamides is 1. The molecule has 8 heteroatoms. The van der Waals surface area contributed by atoms with Gasteiger partial charge in [-0.05, 0) is 63.8 Å². The Hall–Kier alpha value is -2.55. The average molecular weight is 484 g/mol. The Labute approximate surface area is 199 Å². The quantitative estimate of drug-likeness (QED) is 0.549. The number of hydrogen-bond acceptors (Lipinski definition) is 5. The molecular weight excluding hydrogens is 454 g/mol. The summed E-state index contributed by atoms with van der Waals surface area (Å²) in [6, 6.07) is 11.5. The highest BCUT2D eigenvalue weighted by molar-refractivity contribution is 7.89. The fourth-order valence-electron chi connectivity index (χ4n) is 4.56. The number of piperidine rings is 1. The van der Waals surface area contributed by atoms with Crippen molar-refractivity contribution < 1.29 is 13.2 Å². The number of nitrogens with zero attached hydrogens (tertiary/aromatic N) is 2. The highest BCUT2D eigenvalue weighted by atomic mass is 32.2. The van der Waals surface area contributed by atoms with Crippen molar-refractivity contribution in [3.05, 3.63) is 63.5 Å². The number of aromatic nitrogens is 1. The summed E-state index contributed by atoms with van der Waals surface area (Å²) in [5, 5.41) is 6.01. The maximum Gasteiger partial charge on any atom is 0.243 e. The van der Waals surface area contributed by atoms with Gasteiger partial charge in [0.25, 0.3) is 0 Å². The summed E-state index contributed by atoms with van der Waals surface area (Å²) in [5.41, 5.74) is 5.17. The summed E-state index contributed by atoms with van der Waals surface area (Å²) in [4.78, 5) is 17.8. The highest BCUT2D eigenvalue weighted by Gasteiger charge is 2.33. The third-order valence-electron chi connectivity index (χ3n) is 6.07. The zero-order chi connectivity index (χ0) is 23.8. The van der Waals surface area contributed by atoms with E-state index in [4.69, 9.17) is 0 Å². The molecule has 0 saturated carbocycles. The molecule has 1 aromatic heterocycles. The largest absolute Gasteiger partial charge is 0.326 e. The minimum absolute atomic E-state index is 0.0682. The van der Waals surface area contributed by atoms with Crippen molar-refractivity contribution in [2.24, 2.45) is 5.92 Å². The second-order valence-corrected chi connectivity index (χ2v) is 11.7. The summed E-state index contributed by atoms with van der Waals surface area (Å²) >= 11 is 1.59. The number of nitrogens with one attached hydrogen (secondary N) is 1.